The summed E-state index contributed by atoms with van der Waals surface area (Å²) in [7, 11) is 0. The number of benzene rings is 3. The molecule has 136 valence electrons. The molecule has 3 aromatic rings. The molecule has 1 aliphatic rings. The summed E-state index contributed by atoms with van der Waals surface area (Å²) in [4.78, 5) is 0. The molecule has 3 aromatic carbocycles. The van der Waals surface area contributed by atoms with Gasteiger partial charge in [0.25, 0.3) is 0 Å². The number of aryl methyl sites for hydroxylation is 3. The van der Waals surface area contributed by atoms with Crippen molar-refractivity contribution in [2.75, 3.05) is 0 Å². The SMILES string of the molecule is C=c1c(C)cc2c(c1C)Oc1c(cc(C)c([O-])c1C)C=2c1ccccc1C.[Na+]. The molecule has 0 atom stereocenters. The van der Waals surface area contributed by atoms with Crippen LogP contribution < -0.4 is 49.8 Å². The summed E-state index contributed by atoms with van der Waals surface area (Å²) in [5, 5.41) is 14.6. The smallest absolute Gasteiger partial charge is 0.872 e. The third kappa shape index (κ3) is 3.00. The van der Waals surface area contributed by atoms with Crippen LogP contribution in [0.25, 0.3) is 12.2 Å². The molecule has 0 spiro atoms. The predicted octanol–water partition coefficient (Wildman–Crippen LogP) is 1.07. The Balaban J connectivity index is 0.00000225. The normalized spacial score (nSPS) is 12.0. The van der Waals surface area contributed by atoms with Gasteiger partial charge in [-0.1, -0.05) is 42.2 Å². The summed E-state index contributed by atoms with van der Waals surface area (Å²) >= 11 is 0. The van der Waals surface area contributed by atoms with Gasteiger partial charge >= 0.3 is 29.6 Å². The minimum atomic E-state index is 0. The van der Waals surface area contributed by atoms with Crippen LogP contribution in [0.4, 0.5) is 0 Å². The second kappa shape index (κ2) is 7.44. The van der Waals surface area contributed by atoms with Gasteiger partial charge in [0.15, 0.2) is 0 Å². The number of fused-ring (bicyclic) bond motifs is 2. The molecule has 1 aliphatic heterocycles. The standard InChI is InChI=1S/C25H24O2.Na/c1-13-9-7-8-10-19(13)22-20-11-14(2)16(4)17(5)24(20)27-25-18(6)23(26)15(3)12-21(22)25;/h7-12,26H,4H2,1-3,5-6H3;/q;+1/p-1. The molecule has 3 heteroatoms. The Morgan fingerprint density at radius 2 is 1.46 bits per heavy atom. The van der Waals surface area contributed by atoms with Crippen molar-refractivity contribution in [2.24, 2.45) is 0 Å². The van der Waals surface area contributed by atoms with E-state index in [2.05, 4.69) is 44.7 Å². The van der Waals surface area contributed by atoms with Crippen LogP contribution in [0.15, 0.2) is 36.4 Å². The zero-order chi connectivity index (χ0) is 19.5. The average Bonchev–Trinajstić information content (AvgIpc) is 2.64. The van der Waals surface area contributed by atoms with Crippen molar-refractivity contribution < 1.29 is 39.4 Å². The molecule has 0 unspecified atom stereocenters. The van der Waals surface area contributed by atoms with Gasteiger partial charge in [-0.05, 0) is 79.8 Å². The fraction of sp³-hybridized carbons (Fsp3) is 0.200. The summed E-state index contributed by atoms with van der Waals surface area (Å²) in [5.74, 6) is 1.52. The molecule has 0 amide bonds. The summed E-state index contributed by atoms with van der Waals surface area (Å²) in [5.41, 5.74) is 8.04. The maximum absolute atomic E-state index is 12.6. The van der Waals surface area contributed by atoms with Crippen LogP contribution in [0.1, 0.15) is 38.9 Å². The molecule has 1 heterocycles. The van der Waals surface area contributed by atoms with Crippen LogP contribution in [0.2, 0.25) is 0 Å². The van der Waals surface area contributed by atoms with E-state index in [1.807, 2.05) is 32.9 Å². The molecule has 0 fully saturated rings. The second-order valence-corrected chi connectivity index (χ2v) is 7.49. The quantitative estimate of drug-likeness (QED) is 0.464. The first kappa shape index (κ1) is 20.7. The maximum Gasteiger partial charge on any atom is 1.00 e. The van der Waals surface area contributed by atoms with E-state index in [-0.39, 0.29) is 35.3 Å². The summed E-state index contributed by atoms with van der Waals surface area (Å²) in [6, 6.07) is 12.5. The zero-order valence-electron chi connectivity index (χ0n) is 17.5. The van der Waals surface area contributed by atoms with E-state index < -0.39 is 0 Å². The third-order valence-corrected chi connectivity index (χ3v) is 5.68. The fourth-order valence-electron chi connectivity index (χ4n) is 3.98. The molecular formula is C25H23NaO2. The van der Waals surface area contributed by atoms with Crippen molar-refractivity contribution in [3.05, 3.63) is 85.8 Å². The Kier molecular flexibility index (Phi) is 5.51. The molecule has 0 aromatic heterocycles. The number of hydrogen-bond acceptors (Lipinski definition) is 2. The van der Waals surface area contributed by atoms with E-state index in [0.29, 0.717) is 11.3 Å². The van der Waals surface area contributed by atoms with Gasteiger partial charge in [-0.15, -0.1) is 0 Å². The van der Waals surface area contributed by atoms with Crippen molar-refractivity contribution in [1.29, 1.82) is 0 Å². The van der Waals surface area contributed by atoms with E-state index in [0.717, 1.165) is 49.6 Å². The monoisotopic (exact) mass is 378 g/mol. The average molecular weight is 378 g/mol. The Labute approximate surface area is 188 Å². The minimum Gasteiger partial charge on any atom is -0.872 e. The van der Waals surface area contributed by atoms with Gasteiger partial charge in [0, 0.05) is 16.4 Å². The van der Waals surface area contributed by atoms with Crippen molar-refractivity contribution >= 4 is 12.2 Å². The summed E-state index contributed by atoms with van der Waals surface area (Å²) in [6.07, 6.45) is 0. The predicted molar refractivity (Wildman–Crippen MR) is 109 cm³/mol. The first-order chi connectivity index (χ1) is 12.8. The van der Waals surface area contributed by atoms with Gasteiger partial charge in [-0.3, -0.25) is 0 Å². The largest absolute Gasteiger partial charge is 1.00 e. The van der Waals surface area contributed by atoms with E-state index in [9.17, 15) is 5.11 Å². The molecule has 28 heavy (non-hydrogen) atoms. The number of rotatable bonds is 1. The van der Waals surface area contributed by atoms with Crippen LogP contribution in [0.3, 0.4) is 0 Å². The Bertz CT molecular complexity index is 1220. The Morgan fingerprint density at radius 3 is 2.14 bits per heavy atom. The number of ether oxygens (including phenoxy) is 1. The molecule has 0 N–H and O–H groups in total. The first-order valence-corrected chi connectivity index (χ1v) is 9.20. The van der Waals surface area contributed by atoms with Gasteiger partial charge in [-0.25, -0.2) is 0 Å². The zero-order valence-corrected chi connectivity index (χ0v) is 19.5. The second-order valence-electron chi connectivity index (χ2n) is 7.49. The summed E-state index contributed by atoms with van der Waals surface area (Å²) in [6.45, 7) is 14.2. The molecule has 0 aliphatic carbocycles. The van der Waals surface area contributed by atoms with Gasteiger partial charge in [-0.2, -0.15) is 0 Å². The van der Waals surface area contributed by atoms with E-state index in [1.54, 1.807) is 0 Å². The van der Waals surface area contributed by atoms with Gasteiger partial charge < -0.3 is 9.84 Å². The van der Waals surface area contributed by atoms with Crippen LogP contribution in [0.5, 0.6) is 17.2 Å². The van der Waals surface area contributed by atoms with Crippen LogP contribution in [0, 0.1) is 34.6 Å². The molecule has 0 bridgehead atoms. The van der Waals surface area contributed by atoms with Crippen LogP contribution in [-0.4, -0.2) is 0 Å². The van der Waals surface area contributed by atoms with E-state index >= 15 is 0 Å². The van der Waals surface area contributed by atoms with Crippen LogP contribution >= 0.6 is 0 Å². The van der Waals surface area contributed by atoms with Crippen LogP contribution in [-0.2, 0) is 0 Å². The van der Waals surface area contributed by atoms with Crippen molar-refractivity contribution in [2.45, 2.75) is 34.6 Å². The molecule has 0 saturated heterocycles. The fourth-order valence-corrected chi connectivity index (χ4v) is 3.98. The van der Waals surface area contributed by atoms with Gasteiger partial charge in [0.2, 0.25) is 0 Å². The minimum absolute atomic E-state index is 0. The van der Waals surface area contributed by atoms with E-state index in [4.69, 9.17) is 4.74 Å². The molecule has 4 rings (SSSR count). The molecule has 0 saturated carbocycles. The Morgan fingerprint density at radius 1 is 0.786 bits per heavy atom. The first-order valence-electron chi connectivity index (χ1n) is 9.20. The van der Waals surface area contributed by atoms with Gasteiger partial charge in [0.1, 0.15) is 11.5 Å². The summed E-state index contributed by atoms with van der Waals surface area (Å²) < 4.78 is 6.34. The van der Waals surface area contributed by atoms with E-state index in [1.165, 1.54) is 5.56 Å². The molecule has 0 radical (unpaired) electrons. The molecular weight excluding hydrogens is 355 g/mol. The topological polar surface area (TPSA) is 32.3 Å². The molecule has 2 nitrogen and oxygen atoms in total. The van der Waals surface area contributed by atoms with Gasteiger partial charge in [0.05, 0.1) is 0 Å². The third-order valence-electron chi connectivity index (χ3n) is 5.68. The Hall–Kier alpha value is -2.00. The van der Waals surface area contributed by atoms with Crippen molar-refractivity contribution in [1.82, 2.24) is 0 Å². The van der Waals surface area contributed by atoms with Crippen molar-refractivity contribution in [3.8, 4) is 17.2 Å². The number of hydrogen-bond donors (Lipinski definition) is 0. The maximum atomic E-state index is 12.6. The van der Waals surface area contributed by atoms with Crippen molar-refractivity contribution in [3.63, 3.8) is 0 Å².